The lowest BCUT2D eigenvalue weighted by atomic mass is 9.55. The fourth-order valence-electron chi connectivity index (χ4n) is 3.20. The lowest BCUT2D eigenvalue weighted by Crippen LogP contribution is -2.57. The third-order valence-electron chi connectivity index (χ3n) is 4.63. The molecule has 2 fully saturated rings. The van der Waals surface area contributed by atoms with Gasteiger partial charge in [-0.25, -0.2) is 0 Å². The van der Waals surface area contributed by atoms with Gasteiger partial charge < -0.3 is 4.74 Å². The van der Waals surface area contributed by atoms with Crippen molar-refractivity contribution >= 4 is 0 Å². The first kappa shape index (κ1) is 11.0. The van der Waals surface area contributed by atoms with Crippen LogP contribution in [-0.4, -0.2) is 13.2 Å². The Morgan fingerprint density at radius 3 is 2.20 bits per heavy atom. The van der Waals surface area contributed by atoms with E-state index in [9.17, 15) is 5.26 Å². The highest BCUT2D eigenvalue weighted by molar-refractivity contribution is 5.11. The summed E-state index contributed by atoms with van der Waals surface area (Å²) in [4.78, 5) is 0. The zero-order valence-corrected chi connectivity index (χ0v) is 9.88. The van der Waals surface area contributed by atoms with Gasteiger partial charge in [0.15, 0.2) is 0 Å². The van der Waals surface area contributed by atoms with Crippen LogP contribution in [-0.2, 0) is 4.74 Å². The minimum atomic E-state index is -0.229. The molecular formula is C13H21NO. The number of hydrogen-bond acceptors (Lipinski definition) is 2. The van der Waals surface area contributed by atoms with E-state index in [1.54, 1.807) is 0 Å². The van der Waals surface area contributed by atoms with Gasteiger partial charge in [-0.2, -0.15) is 5.26 Å². The van der Waals surface area contributed by atoms with Crippen molar-refractivity contribution in [3.63, 3.8) is 0 Å². The molecule has 15 heavy (non-hydrogen) atoms. The van der Waals surface area contributed by atoms with E-state index in [1.807, 2.05) is 0 Å². The molecule has 0 atom stereocenters. The molecule has 2 rings (SSSR count). The van der Waals surface area contributed by atoms with Crippen molar-refractivity contribution in [1.82, 2.24) is 0 Å². The molecule has 0 aromatic rings. The first-order chi connectivity index (χ1) is 7.12. The summed E-state index contributed by atoms with van der Waals surface area (Å²) in [5.41, 5.74) is -0.0740. The van der Waals surface area contributed by atoms with Gasteiger partial charge in [-0.1, -0.05) is 19.3 Å². The van der Waals surface area contributed by atoms with E-state index >= 15 is 0 Å². The summed E-state index contributed by atoms with van der Waals surface area (Å²) in [6.45, 7) is 5.78. The van der Waals surface area contributed by atoms with Gasteiger partial charge in [0.1, 0.15) is 0 Å². The predicted octanol–water partition coefficient (Wildman–Crippen LogP) is 3.13. The van der Waals surface area contributed by atoms with Crippen LogP contribution < -0.4 is 0 Å². The highest BCUT2D eigenvalue weighted by Gasteiger charge is 2.55. The summed E-state index contributed by atoms with van der Waals surface area (Å²) in [6, 6.07) is 2.50. The minimum Gasteiger partial charge on any atom is -0.380 e. The quantitative estimate of drug-likeness (QED) is 0.697. The molecule has 0 aromatic heterocycles. The Bertz CT molecular complexity index is 267. The lowest BCUT2D eigenvalue weighted by molar-refractivity contribution is -0.196. The van der Waals surface area contributed by atoms with Crippen LogP contribution in [0.4, 0.5) is 0 Å². The van der Waals surface area contributed by atoms with Crippen molar-refractivity contribution in [3.8, 4) is 6.07 Å². The minimum absolute atomic E-state index is 0.155. The van der Waals surface area contributed by atoms with Crippen LogP contribution in [0.1, 0.15) is 46.0 Å². The standard InChI is InChI=1S/C13H21NO/c1-12(2,8-14)13(9-15-10-13)11-6-4-3-5-7-11/h11H,3-7,9-10H2,1-2H3. The maximum Gasteiger partial charge on any atom is 0.0691 e. The molecule has 1 aliphatic carbocycles. The normalized spacial score (nSPS) is 26.7. The van der Waals surface area contributed by atoms with E-state index in [0.717, 1.165) is 19.1 Å². The van der Waals surface area contributed by atoms with Crippen molar-refractivity contribution in [2.24, 2.45) is 16.7 Å². The lowest BCUT2D eigenvalue weighted by Gasteiger charge is -2.54. The number of rotatable bonds is 2. The van der Waals surface area contributed by atoms with E-state index < -0.39 is 0 Å². The largest absolute Gasteiger partial charge is 0.380 e. The average molecular weight is 207 g/mol. The van der Waals surface area contributed by atoms with Crippen LogP contribution in [0, 0.1) is 28.1 Å². The molecule has 0 aromatic carbocycles. The molecule has 1 saturated heterocycles. The maximum absolute atomic E-state index is 9.32. The highest BCUT2D eigenvalue weighted by atomic mass is 16.5. The third-order valence-corrected chi connectivity index (χ3v) is 4.63. The number of ether oxygens (including phenoxy) is 1. The second-order valence-electron chi connectivity index (χ2n) is 5.72. The Morgan fingerprint density at radius 1 is 1.20 bits per heavy atom. The van der Waals surface area contributed by atoms with E-state index in [4.69, 9.17) is 4.74 Å². The smallest absolute Gasteiger partial charge is 0.0691 e. The van der Waals surface area contributed by atoms with E-state index in [2.05, 4.69) is 19.9 Å². The van der Waals surface area contributed by atoms with Gasteiger partial charge in [-0.05, 0) is 32.6 Å². The zero-order valence-electron chi connectivity index (χ0n) is 9.88. The summed E-state index contributed by atoms with van der Waals surface area (Å²) in [5, 5.41) is 9.32. The van der Waals surface area contributed by atoms with Crippen LogP contribution in [0.25, 0.3) is 0 Å². The number of nitriles is 1. The summed E-state index contributed by atoms with van der Waals surface area (Å²) in [5.74, 6) is 0.717. The Hall–Kier alpha value is -0.550. The van der Waals surface area contributed by atoms with Gasteiger partial charge in [0.25, 0.3) is 0 Å². The van der Waals surface area contributed by atoms with E-state index in [0.29, 0.717) is 0 Å². The molecule has 1 aliphatic heterocycles. The van der Waals surface area contributed by atoms with Gasteiger partial charge in [-0.15, -0.1) is 0 Å². The van der Waals surface area contributed by atoms with Crippen LogP contribution in [0.15, 0.2) is 0 Å². The third kappa shape index (κ3) is 1.58. The van der Waals surface area contributed by atoms with Crippen molar-refractivity contribution in [1.29, 1.82) is 5.26 Å². The molecule has 0 unspecified atom stereocenters. The van der Waals surface area contributed by atoms with Gasteiger partial charge in [-0.3, -0.25) is 0 Å². The summed E-state index contributed by atoms with van der Waals surface area (Å²) >= 11 is 0. The fraction of sp³-hybridized carbons (Fsp3) is 0.923. The Kier molecular flexibility index (Phi) is 2.77. The molecule has 0 radical (unpaired) electrons. The van der Waals surface area contributed by atoms with Crippen molar-refractivity contribution < 1.29 is 4.74 Å². The second kappa shape index (κ2) is 3.79. The maximum atomic E-state index is 9.32. The van der Waals surface area contributed by atoms with Gasteiger partial charge in [0.2, 0.25) is 0 Å². The molecule has 0 N–H and O–H groups in total. The molecule has 2 nitrogen and oxygen atoms in total. The first-order valence-corrected chi connectivity index (χ1v) is 6.11. The van der Waals surface area contributed by atoms with E-state index in [-0.39, 0.29) is 10.8 Å². The second-order valence-corrected chi connectivity index (χ2v) is 5.72. The molecule has 0 bridgehead atoms. The monoisotopic (exact) mass is 207 g/mol. The van der Waals surface area contributed by atoms with Crippen LogP contribution in [0.2, 0.25) is 0 Å². The van der Waals surface area contributed by atoms with Crippen molar-refractivity contribution in [2.75, 3.05) is 13.2 Å². The molecular weight excluding hydrogens is 186 g/mol. The molecule has 2 heteroatoms. The highest BCUT2D eigenvalue weighted by Crippen LogP contribution is 2.54. The molecule has 84 valence electrons. The van der Waals surface area contributed by atoms with Gasteiger partial charge >= 0.3 is 0 Å². The van der Waals surface area contributed by atoms with Gasteiger partial charge in [0, 0.05) is 5.41 Å². The summed E-state index contributed by atoms with van der Waals surface area (Å²) < 4.78 is 5.43. The number of hydrogen-bond donors (Lipinski definition) is 0. The SMILES string of the molecule is CC(C)(C#N)C1(C2CCCCC2)COC1. The molecule has 0 spiro atoms. The van der Waals surface area contributed by atoms with Crippen molar-refractivity contribution in [3.05, 3.63) is 0 Å². The van der Waals surface area contributed by atoms with Gasteiger partial charge in [0.05, 0.1) is 24.7 Å². The van der Waals surface area contributed by atoms with Crippen molar-refractivity contribution in [2.45, 2.75) is 46.0 Å². The molecule has 0 amide bonds. The molecule has 1 heterocycles. The van der Waals surface area contributed by atoms with Crippen LogP contribution in [0.5, 0.6) is 0 Å². The fourth-order valence-corrected chi connectivity index (χ4v) is 3.20. The Morgan fingerprint density at radius 2 is 1.80 bits per heavy atom. The Labute approximate surface area is 92.6 Å². The average Bonchev–Trinajstić information content (AvgIpc) is 2.17. The number of nitrogens with zero attached hydrogens (tertiary/aromatic N) is 1. The van der Waals surface area contributed by atoms with Crippen LogP contribution in [0.3, 0.4) is 0 Å². The topological polar surface area (TPSA) is 33.0 Å². The predicted molar refractivity (Wildman–Crippen MR) is 59.2 cm³/mol. The Balaban J connectivity index is 2.17. The summed E-state index contributed by atoms with van der Waals surface area (Å²) in [6.07, 6.45) is 6.66. The first-order valence-electron chi connectivity index (χ1n) is 6.11. The zero-order chi connectivity index (χ0) is 10.9. The van der Waals surface area contributed by atoms with E-state index in [1.165, 1.54) is 32.1 Å². The van der Waals surface area contributed by atoms with Crippen LogP contribution >= 0.6 is 0 Å². The molecule has 1 saturated carbocycles. The molecule has 2 aliphatic rings. The summed E-state index contributed by atoms with van der Waals surface area (Å²) in [7, 11) is 0.